The molecule has 0 unspecified atom stereocenters. The van der Waals surface area contributed by atoms with Crippen molar-refractivity contribution in [2.45, 2.75) is 6.92 Å². The Kier molecular flexibility index (Phi) is 4.81. The van der Waals surface area contributed by atoms with Crippen LogP contribution in [-0.4, -0.2) is 51.6 Å². The largest absolute Gasteiger partial charge is 0.360 e. The highest BCUT2D eigenvalue weighted by Crippen LogP contribution is 2.28. The van der Waals surface area contributed by atoms with Crippen LogP contribution in [0.15, 0.2) is 47.1 Å². The molecule has 3 aromatic heterocycles. The molecule has 29 heavy (non-hydrogen) atoms. The maximum absolute atomic E-state index is 13.3. The second kappa shape index (κ2) is 7.31. The van der Waals surface area contributed by atoms with Crippen LogP contribution >= 0.6 is 11.6 Å². The Hall–Kier alpha value is -3.23. The number of hydrazine groups is 1. The highest BCUT2D eigenvalue weighted by Gasteiger charge is 2.23. The number of ketones is 1. The summed E-state index contributed by atoms with van der Waals surface area (Å²) < 4.78 is 6.92. The highest BCUT2D eigenvalue weighted by atomic mass is 35.5. The summed E-state index contributed by atoms with van der Waals surface area (Å²) in [6.45, 7) is 1.79. The van der Waals surface area contributed by atoms with E-state index >= 15 is 0 Å². The van der Waals surface area contributed by atoms with Crippen molar-refractivity contribution in [3.63, 3.8) is 0 Å². The molecule has 0 fully saturated rings. The zero-order chi connectivity index (χ0) is 20.7. The molecule has 0 bridgehead atoms. The fourth-order valence-electron chi connectivity index (χ4n) is 2.96. The molecule has 0 aliphatic rings. The van der Waals surface area contributed by atoms with Crippen LogP contribution in [-0.2, 0) is 0 Å². The Labute approximate surface area is 172 Å². The second-order valence-corrected chi connectivity index (χ2v) is 7.20. The first-order valence-electron chi connectivity index (χ1n) is 8.89. The summed E-state index contributed by atoms with van der Waals surface area (Å²) in [6.07, 6.45) is 1.69. The van der Waals surface area contributed by atoms with Crippen molar-refractivity contribution < 1.29 is 9.32 Å². The van der Waals surface area contributed by atoms with Crippen LogP contribution in [0.1, 0.15) is 21.8 Å². The first-order chi connectivity index (χ1) is 13.9. The van der Waals surface area contributed by atoms with Gasteiger partial charge < -0.3 is 4.52 Å². The number of benzene rings is 1. The Bertz CT molecular complexity index is 1210. The molecule has 0 aliphatic heterocycles. The van der Waals surface area contributed by atoms with E-state index in [2.05, 4.69) is 15.1 Å². The lowest BCUT2D eigenvalue weighted by Crippen LogP contribution is -2.34. The number of carbonyl (C=O) groups is 1. The van der Waals surface area contributed by atoms with E-state index in [9.17, 15) is 4.79 Å². The van der Waals surface area contributed by atoms with Crippen LogP contribution in [0.5, 0.6) is 0 Å². The Morgan fingerprint density at radius 3 is 2.59 bits per heavy atom. The molecule has 9 heteroatoms. The van der Waals surface area contributed by atoms with Gasteiger partial charge in [0.05, 0.1) is 10.7 Å². The molecule has 0 saturated carbocycles. The van der Waals surface area contributed by atoms with E-state index in [1.54, 1.807) is 59.1 Å². The predicted molar refractivity (Wildman–Crippen MR) is 111 cm³/mol. The van der Waals surface area contributed by atoms with Crippen LogP contribution in [0.25, 0.3) is 16.9 Å². The normalized spacial score (nSPS) is 11.4. The monoisotopic (exact) mass is 410 g/mol. The SMILES string of the molecule is Cc1cc(-n2c(C(=O)c3ccccc3Cl)cc3cnc(N(C)N(C)C)nc32)no1. The minimum absolute atomic E-state index is 0.239. The van der Waals surface area contributed by atoms with Crippen LogP contribution < -0.4 is 5.01 Å². The molecule has 1 aromatic carbocycles. The van der Waals surface area contributed by atoms with Gasteiger partial charge in [0.25, 0.3) is 0 Å². The van der Waals surface area contributed by atoms with Crippen LogP contribution in [0.3, 0.4) is 0 Å². The summed E-state index contributed by atoms with van der Waals surface area (Å²) in [5.41, 5.74) is 1.32. The molecule has 148 valence electrons. The van der Waals surface area contributed by atoms with Crippen molar-refractivity contribution in [1.82, 2.24) is 24.7 Å². The number of aromatic nitrogens is 4. The molecular formula is C20H19ClN6O2. The standard InChI is InChI=1S/C20H19ClN6O2/c1-12-9-17(24-29-12)27-16(18(28)14-7-5-6-8-15(14)21)10-13-11-22-20(23-19(13)27)26(4)25(2)3/h5-11H,1-4H3. The molecule has 0 spiro atoms. The molecule has 0 N–H and O–H groups in total. The topological polar surface area (TPSA) is 80.3 Å². The van der Waals surface area contributed by atoms with Crippen molar-refractivity contribution >= 4 is 34.4 Å². The lowest BCUT2D eigenvalue weighted by molar-refractivity contribution is 0.103. The van der Waals surface area contributed by atoms with Gasteiger partial charge in [0.1, 0.15) is 5.76 Å². The van der Waals surface area contributed by atoms with E-state index in [1.165, 1.54) is 0 Å². The van der Waals surface area contributed by atoms with Crippen LogP contribution in [0.4, 0.5) is 5.95 Å². The van der Waals surface area contributed by atoms with Gasteiger partial charge in [-0.1, -0.05) is 28.9 Å². The molecule has 4 rings (SSSR count). The lowest BCUT2D eigenvalue weighted by Gasteiger charge is -2.23. The van der Waals surface area contributed by atoms with Gasteiger partial charge in [-0.15, -0.1) is 0 Å². The van der Waals surface area contributed by atoms with Crippen molar-refractivity contribution in [2.24, 2.45) is 0 Å². The van der Waals surface area contributed by atoms with E-state index in [-0.39, 0.29) is 5.78 Å². The van der Waals surface area contributed by atoms with E-state index in [4.69, 9.17) is 16.1 Å². The van der Waals surface area contributed by atoms with Crippen molar-refractivity contribution in [1.29, 1.82) is 0 Å². The van der Waals surface area contributed by atoms with Crippen molar-refractivity contribution in [3.8, 4) is 5.82 Å². The van der Waals surface area contributed by atoms with Crippen LogP contribution in [0.2, 0.25) is 5.02 Å². The number of rotatable bonds is 5. The van der Waals surface area contributed by atoms with Crippen LogP contribution in [0, 0.1) is 6.92 Å². The van der Waals surface area contributed by atoms with Gasteiger partial charge in [-0.25, -0.2) is 9.99 Å². The average molecular weight is 411 g/mol. The predicted octanol–water partition coefficient (Wildman–Crippen LogP) is 3.51. The van der Waals surface area contributed by atoms with Gasteiger partial charge >= 0.3 is 0 Å². The average Bonchev–Trinajstić information content (AvgIpc) is 3.29. The Morgan fingerprint density at radius 2 is 1.93 bits per heavy atom. The van der Waals surface area contributed by atoms with Crippen molar-refractivity contribution in [3.05, 3.63) is 64.6 Å². The summed E-state index contributed by atoms with van der Waals surface area (Å²) in [5.74, 6) is 1.33. The fourth-order valence-corrected chi connectivity index (χ4v) is 3.18. The van der Waals surface area contributed by atoms with Gasteiger partial charge in [-0.3, -0.25) is 14.4 Å². The number of hydrogen-bond donors (Lipinski definition) is 0. The maximum Gasteiger partial charge on any atom is 0.241 e. The van der Waals surface area contributed by atoms with Gasteiger partial charge in [0.2, 0.25) is 11.7 Å². The smallest absolute Gasteiger partial charge is 0.241 e. The summed E-state index contributed by atoms with van der Waals surface area (Å²) in [4.78, 5) is 22.4. The molecule has 4 aromatic rings. The summed E-state index contributed by atoms with van der Waals surface area (Å²) >= 11 is 6.27. The minimum Gasteiger partial charge on any atom is -0.360 e. The Balaban J connectivity index is 1.97. The van der Waals surface area contributed by atoms with Gasteiger partial charge in [-0.05, 0) is 25.1 Å². The number of nitrogens with zero attached hydrogens (tertiary/aromatic N) is 6. The van der Waals surface area contributed by atoms with Gasteiger partial charge in [0.15, 0.2) is 11.5 Å². The summed E-state index contributed by atoms with van der Waals surface area (Å²) in [7, 11) is 5.63. The summed E-state index contributed by atoms with van der Waals surface area (Å²) in [6, 6.07) is 10.4. The summed E-state index contributed by atoms with van der Waals surface area (Å²) in [5, 5.41) is 8.82. The van der Waals surface area contributed by atoms with E-state index < -0.39 is 0 Å². The lowest BCUT2D eigenvalue weighted by atomic mass is 10.1. The Morgan fingerprint density at radius 1 is 1.17 bits per heavy atom. The molecule has 0 radical (unpaired) electrons. The molecule has 0 aliphatic carbocycles. The quantitative estimate of drug-likeness (QED) is 0.368. The number of anilines is 1. The maximum atomic E-state index is 13.3. The fraction of sp³-hybridized carbons (Fsp3) is 0.200. The van der Waals surface area contributed by atoms with Gasteiger partial charge in [-0.2, -0.15) is 4.98 Å². The first-order valence-corrected chi connectivity index (χ1v) is 9.27. The van der Waals surface area contributed by atoms with E-state index in [1.807, 2.05) is 26.2 Å². The third kappa shape index (κ3) is 3.37. The third-order valence-corrected chi connectivity index (χ3v) is 4.94. The number of carbonyl (C=O) groups excluding carboxylic acids is 1. The number of halogens is 1. The zero-order valence-electron chi connectivity index (χ0n) is 16.4. The third-order valence-electron chi connectivity index (χ3n) is 4.61. The number of fused-ring (bicyclic) bond motifs is 1. The molecule has 0 amide bonds. The molecular weight excluding hydrogens is 392 g/mol. The minimum atomic E-state index is -0.239. The van der Waals surface area contributed by atoms with E-state index in [0.717, 1.165) is 0 Å². The van der Waals surface area contributed by atoms with Crippen molar-refractivity contribution in [2.75, 3.05) is 26.2 Å². The molecule has 0 atom stereocenters. The molecule has 8 nitrogen and oxygen atoms in total. The number of hydrogen-bond acceptors (Lipinski definition) is 7. The molecule has 0 saturated heterocycles. The number of aryl methyl sites for hydroxylation is 1. The second-order valence-electron chi connectivity index (χ2n) is 6.79. The van der Waals surface area contributed by atoms with E-state index in [0.29, 0.717) is 44.8 Å². The molecule has 3 heterocycles. The first kappa shape index (κ1) is 19.1. The highest BCUT2D eigenvalue weighted by molar-refractivity contribution is 6.35. The zero-order valence-corrected chi connectivity index (χ0v) is 17.2. The van der Waals surface area contributed by atoms with Gasteiger partial charge in [0, 0.05) is 44.4 Å².